The Kier molecular flexibility index (Phi) is 18.2. The Morgan fingerprint density at radius 2 is 1.15 bits per heavy atom. The summed E-state index contributed by atoms with van der Waals surface area (Å²) in [5, 5.41) is 29.2. The number of aliphatic carboxylic acids is 2. The number of rotatable bonds is 22. The maximum atomic E-state index is 12.6. The molecule has 0 bridgehead atoms. The van der Waals surface area contributed by atoms with E-state index < -0.39 is 41.8 Å². The van der Waals surface area contributed by atoms with Crippen LogP contribution in [0.25, 0.3) is 0 Å². The van der Waals surface area contributed by atoms with Crippen molar-refractivity contribution in [3.05, 3.63) is 0 Å². The van der Waals surface area contributed by atoms with Crippen LogP contribution in [0.3, 0.4) is 0 Å². The van der Waals surface area contributed by atoms with E-state index in [0.717, 1.165) is 32.1 Å². The summed E-state index contributed by atoms with van der Waals surface area (Å²) in [6, 6.07) is 0. The van der Waals surface area contributed by atoms with Gasteiger partial charge in [-0.25, -0.2) is 4.79 Å². The van der Waals surface area contributed by atoms with E-state index in [0.29, 0.717) is 19.3 Å². The van der Waals surface area contributed by atoms with Crippen molar-refractivity contribution in [1.82, 2.24) is 0 Å². The largest absolute Gasteiger partial charge is 0.481 e. The summed E-state index contributed by atoms with van der Waals surface area (Å²) < 4.78 is 4.80. The first-order valence-electron chi connectivity index (χ1n) is 13.1. The molecule has 0 aliphatic rings. The molecule has 0 aromatic heterocycles. The second kappa shape index (κ2) is 19.4. The number of carbonyl (C=O) groups excluding carboxylic acids is 2. The predicted octanol–water partition coefficient (Wildman–Crippen LogP) is 5.63. The van der Waals surface area contributed by atoms with Gasteiger partial charge in [0.05, 0.1) is 12.3 Å². The van der Waals surface area contributed by atoms with Crippen LogP contribution >= 0.6 is 0 Å². The molecule has 0 amide bonds. The van der Waals surface area contributed by atoms with Gasteiger partial charge in [-0.15, -0.1) is 0 Å². The summed E-state index contributed by atoms with van der Waals surface area (Å²) in [6.07, 6.45) is 14.0. The fourth-order valence-electron chi connectivity index (χ4n) is 4.07. The van der Waals surface area contributed by atoms with Gasteiger partial charge < -0.3 is 20.1 Å². The van der Waals surface area contributed by atoms with E-state index >= 15 is 0 Å². The van der Waals surface area contributed by atoms with Crippen molar-refractivity contribution in [2.75, 3.05) is 0 Å². The first-order valence-corrected chi connectivity index (χ1v) is 13.1. The van der Waals surface area contributed by atoms with E-state index in [2.05, 4.69) is 6.92 Å². The lowest BCUT2D eigenvalue weighted by Crippen LogP contribution is -2.51. The Bertz CT molecular complexity index is 604. The third-order valence-corrected chi connectivity index (χ3v) is 6.20. The lowest BCUT2D eigenvalue weighted by molar-refractivity contribution is -0.184. The molecule has 0 saturated carbocycles. The first-order chi connectivity index (χ1) is 16.2. The van der Waals surface area contributed by atoms with Crippen molar-refractivity contribution in [3.8, 4) is 0 Å². The molecule has 3 N–H and O–H groups in total. The van der Waals surface area contributed by atoms with Crippen LogP contribution in [-0.2, 0) is 23.9 Å². The highest BCUT2D eigenvalue weighted by Crippen LogP contribution is 2.29. The Balaban J connectivity index is 4.67. The molecule has 0 radical (unpaired) electrons. The number of carbonyl (C=O) groups is 4. The van der Waals surface area contributed by atoms with Gasteiger partial charge >= 0.3 is 23.9 Å². The van der Waals surface area contributed by atoms with E-state index in [1.165, 1.54) is 44.9 Å². The fourth-order valence-corrected chi connectivity index (χ4v) is 4.07. The molecule has 198 valence electrons. The van der Waals surface area contributed by atoms with Crippen LogP contribution in [0.1, 0.15) is 129 Å². The minimum absolute atomic E-state index is 0.00926. The van der Waals surface area contributed by atoms with E-state index in [1.54, 1.807) is 0 Å². The second-order valence-electron chi connectivity index (χ2n) is 9.28. The SMILES string of the molecule is CCCCCCCCCCCCCCC(C(=O)OC(=O)CCCCC)C(O)(CC(=O)O)C(=O)O. The van der Waals surface area contributed by atoms with E-state index in [1.807, 2.05) is 6.92 Å². The number of carboxylic acid groups (broad SMARTS) is 2. The van der Waals surface area contributed by atoms with Gasteiger partial charge in [-0.05, 0) is 12.8 Å². The highest BCUT2D eigenvalue weighted by Gasteiger charge is 2.50. The third-order valence-electron chi connectivity index (χ3n) is 6.20. The van der Waals surface area contributed by atoms with Gasteiger partial charge in [-0.3, -0.25) is 14.4 Å². The predicted molar refractivity (Wildman–Crippen MR) is 129 cm³/mol. The van der Waals surface area contributed by atoms with Gasteiger partial charge in [0.25, 0.3) is 0 Å². The molecule has 34 heavy (non-hydrogen) atoms. The molecule has 0 aromatic rings. The average molecular weight is 487 g/mol. The zero-order chi connectivity index (χ0) is 25.8. The van der Waals surface area contributed by atoms with Gasteiger partial charge in [0.2, 0.25) is 0 Å². The lowest BCUT2D eigenvalue weighted by atomic mass is 9.81. The lowest BCUT2D eigenvalue weighted by Gasteiger charge is -2.29. The van der Waals surface area contributed by atoms with Crippen LogP contribution in [0.15, 0.2) is 0 Å². The van der Waals surface area contributed by atoms with E-state index in [-0.39, 0.29) is 12.8 Å². The number of ether oxygens (including phenoxy) is 1. The maximum Gasteiger partial charge on any atom is 0.337 e. The number of carboxylic acids is 2. The molecule has 8 heteroatoms. The normalized spacial score (nSPS) is 13.7. The van der Waals surface area contributed by atoms with Crippen LogP contribution in [0.2, 0.25) is 0 Å². The van der Waals surface area contributed by atoms with Gasteiger partial charge in [-0.1, -0.05) is 104 Å². The summed E-state index contributed by atoms with van der Waals surface area (Å²) >= 11 is 0. The fraction of sp³-hybridized carbons (Fsp3) is 0.846. The standard InChI is InChI=1S/C26H46O8/c1-3-5-7-8-9-10-11-12-13-14-15-17-18-21(26(33,25(31)32)20-22(27)28)24(30)34-23(29)19-16-6-4-2/h21,33H,3-20H2,1-2H3,(H,27,28)(H,31,32). The highest BCUT2D eigenvalue weighted by atomic mass is 16.6. The van der Waals surface area contributed by atoms with Crippen molar-refractivity contribution in [1.29, 1.82) is 0 Å². The molecule has 0 saturated heterocycles. The van der Waals surface area contributed by atoms with Gasteiger partial charge in [0.1, 0.15) is 0 Å². The monoisotopic (exact) mass is 486 g/mol. The molecule has 0 spiro atoms. The molecule has 2 unspecified atom stereocenters. The zero-order valence-corrected chi connectivity index (χ0v) is 21.2. The van der Waals surface area contributed by atoms with E-state index in [9.17, 15) is 29.4 Å². The Labute approximate surface area is 204 Å². The summed E-state index contributed by atoms with van der Waals surface area (Å²) in [4.78, 5) is 47.4. The molecule has 0 rings (SSSR count). The number of hydrogen-bond donors (Lipinski definition) is 3. The smallest absolute Gasteiger partial charge is 0.337 e. The van der Waals surface area contributed by atoms with Crippen LogP contribution < -0.4 is 0 Å². The minimum atomic E-state index is -2.83. The van der Waals surface area contributed by atoms with Crippen LogP contribution in [0.4, 0.5) is 0 Å². The van der Waals surface area contributed by atoms with Crippen LogP contribution in [-0.4, -0.2) is 44.8 Å². The molecule has 0 aliphatic carbocycles. The summed E-state index contributed by atoms with van der Waals surface area (Å²) in [7, 11) is 0. The molecule has 0 aliphatic heterocycles. The van der Waals surface area contributed by atoms with Gasteiger partial charge in [0.15, 0.2) is 5.60 Å². The van der Waals surface area contributed by atoms with Crippen molar-refractivity contribution >= 4 is 23.9 Å². The van der Waals surface area contributed by atoms with E-state index in [4.69, 9.17) is 9.84 Å². The molecule has 0 fully saturated rings. The van der Waals surface area contributed by atoms with Gasteiger partial charge in [0, 0.05) is 6.42 Å². The summed E-state index contributed by atoms with van der Waals surface area (Å²) in [6.45, 7) is 4.16. The van der Waals surface area contributed by atoms with Crippen LogP contribution in [0, 0.1) is 5.92 Å². The molecule has 0 heterocycles. The Morgan fingerprint density at radius 1 is 0.706 bits per heavy atom. The second-order valence-corrected chi connectivity index (χ2v) is 9.28. The Hall–Kier alpha value is -1.96. The Morgan fingerprint density at radius 3 is 1.59 bits per heavy atom. The van der Waals surface area contributed by atoms with Crippen molar-refractivity contribution in [2.45, 2.75) is 135 Å². The molecule has 0 aromatic carbocycles. The maximum absolute atomic E-state index is 12.6. The number of esters is 2. The topological polar surface area (TPSA) is 138 Å². The van der Waals surface area contributed by atoms with Crippen molar-refractivity contribution in [3.63, 3.8) is 0 Å². The summed E-state index contributed by atoms with van der Waals surface area (Å²) in [5.41, 5.74) is -2.83. The minimum Gasteiger partial charge on any atom is -0.481 e. The quantitative estimate of drug-likeness (QED) is 0.102. The molecular formula is C26H46O8. The zero-order valence-electron chi connectivity index (χ0n) is 21.2. The number of aliphatic hydroxyl groups is 1. The average Bonchev–Trinajstić information content (AvgIpc) is 2.76. The highest BCUT2D eigenvalue weighted by molar-refractivity contribution is 5.93. The van der Waals surface area contributed by atoms with Crippen molar-refractivity contribution in [2.24, 2.45) is 5.92 Å². The first kappa shape index (κ1) is 32.0. The van der Waals surface area contributed by atoms with Gasteiger partial charge in [-0.2, -0.15) is 0 Å². The van der Waals surface area contributed by atoms with Crippen LogP contribution in [0.5, 0.6) is 0 Å². The number of unbranched alkanes of at least 4 members (excludes halogenated alkanes) is 13. The summed E-state index contributed by atoms with van der Waals surface area (Å²) in [5.74, 6) is -6.95. The molecular weight excluding hydrogens is 440 g/mol. The molecule has 2 atom stereocenters. The molecule has 8 nitrogen and oxygen atoms in total. The van der Waals surface area contributed by atoms with Crippen molar-refractivity contribution < 1.29 is 39.2 Å². The number of hydrogen-bond acceptors (Lipinski definition) is 6. The third kappa shape index (κ3) is 14.3.